The van der Waals surface area contributed by atoms with Crippen molar-refractivity contribution in [3.05, 3.63) is 59.2 Å². The molecular weight excluding hydrogens is 480 g/mol. The lowest BCUT2D eigenvalue weighted by Crippen LogP contribution is -2.49. The van der Waals surface area contributed by atoms with E-state index >= 15 is 0 Å². The Hall–Kier alpha value is -2.02. The lowest BCUT2D eigenvalue weighted by atomic mass is 9.79. The molecule has 1 amide bonds. The summed E-state index contributed by atoms with van der Waals surface area (Å²) < 4.78 is 5.93. The first-order valence-corrected chi connectivity index (χ1v) is 14.5. The first-order chi connectivity index (χ1) is 17.3. The normalized spacial score (nSPS) is 16.1. The largest absolute Gasteiger partial charge is 0.507 e. The van der Waals surface area contributed by atoms with E-state index in [9.17, 15) is 9.90 Å². The number of amides is 1. The number of phenols is 1. The molecule has 2 aromatic carbocycles. The van der Waals surface area contributed by atoms with E-state index in [-0.39, 0.29) is 29.4 Å². The summed E-state index contributed by atoms with van der Waals surface area (Å²) in [6, 6.07) is 14.7. The Kier molecular flexibility index (Phi) is 10.1. The fourth-order valence-corrected chi connectivity index (χ4v) is 5.65. The quantitative estimate of drug-likeness (QED) is 0.393. The maximum Gasteiger partial charge on any atom is 0.248 e. The molecule has 1 atom stereocenters. The third kappa shape index (κ3) is 8.76. The number of carbonyl (C=O) groups excluding carboxylic acids is 1. The molecule has 2 aromatic rings. The van der Waals surface area contributed by atoms with Gasteiger partial charge < -0.3 is 14.7 Å². The second-order valence-corrected chi connectivity index (χ2v) is 13.4. The van der Waals surface area contributed by atoms with Crippen molar-refractivity contribution in [1.82, 2.24) is 9.80 Å². The zero-order valence-electron chi connectivity index (χ0n) is 23.8. The minimum atomic E-state index is -0.134. The molecule has 6 heteroatoms. The Balaban J connectivity index is 1.43. The molecule has 0 radical (unpaired) electrons. The van der Waals surface area contributed by atoms with Gasteiger partial charge >= 0.3 is 0 Å². The van der Waals surface area contributed by atoms with Gasteiger partial charge in [-0.15, -0.1) is 11.8 Å². The summed E-state index contributed by atoms with van der Waals surface area (Å²) in [6.45, 7) is 19.3. The van der Waals surface area contributed by atoms with Crippen LogP contribution in [0.15, 0.2) is 47.4 Å². The molecule has 0 bridgehead atoms. The second-order valence-electron chi connectivity index (χ2n) is 12.3. The van der Waals surface area contributed by atoms with Crippen LogP contribution in [0.1, 0.15) is 71.6 Å². The smallest absolute Gasteiger partial charge is 0.248 e. The van der Waals surface area contributed by atoms with Gasteiger partial charge in [-0.2, -0.15) is 0 Å². The summed E-state index contributed by atoms with van der Waals surface area (Å²) in [5, 5.41) is 10.9. The van der Waals surface area contributed by atoms with Gasteiger partial charge in [0.15, 0.2) is 0 Å². The number of thioether (sulfide) groups is 1. The van der Waals surface area contributed by atoms with E-state index in [0.29, 0.717) is 5.75 Å². The third-order valence-electron chi connectivity index (χ3n) is 6.96. The lowest BCUT2D eigenvalue weighted by molar-refractivity contribution is -0.139. The predicted octanol–water partition coefficient (Wildman–Crippen LogP) is 6.22. The molecule has 3 rings (SSSR count). The van der Waals surface area contributed by atoms with Crippen molar-refractivity contribution in [2.24, 2.45) is 0 Å². The van der Waals surface area contributed by atoms with E-state index in [4.69, 9.17) is 4.74 Å². The highest BCUT2D eigenvalue weighted by atomic mass is 32.2. The van der Waals surface area contributed by atoms with E-state index in [2.05, 4.69) is 82.8 Å². The number of ether oxygens (including phenoxy) is 1. The van der Waals surface area contributed by atoms with E-state index in [1.165, 1.54) is 10.5 Å². The van der Waals surface area contributed by atoms with Crippen molar-refractivity contribution >= 4 is 17.7 Å². The number of hydrogen-bond donors (Lipinski definition) is 1. The number of carbonyl (C=O) groups is 1. The molecule has 1 heterocycles. The molecule has 0 aliphatic carbocycles. The van der Waals surface area contributed by atoms with Gasteiger partial charge in [-0.3, -0.25) is 9.69 Å². The standard InChI is InChI=1S/C31H46N2O3S/c1-23(13-18-37-25-19-26(30(2,3)4)29(35)27(20-25)31(5,6)7)36-22-28(34)33-16-14-32(15-17-33)21-24-11-9-8-10-12-24/h8-12,19-20,23,35H,13-18,21-22H2,1-7H3. The monoisotopic (exact) mass is 526 g/mol. The first kappa shape index (κ1) is 29.5. The van der Waals surface area contributed by atoms with Crippen LogP contribution in [0.4, 0.5) is 0 Å². The van der Waals surface area contributed by atoms with Crippen molar-refractivity contribution in [2.75, 3.05) is 38.5 Å². The summed E-state index contributed by atoms with van der Waals surface area (Å²) in [5.41, 5.74) is 3.02. The summed E-state index contributed by atoms with van der Waals surface area (Å²) >= 11 is 1.79. The number of aromatic hydroxyl groups is 1. The van der Waals surface area contributed by atoms with E-state index in [1.54, 1.807) is 11.8 Å². The highest BCUT2D eigenvalue weighted by molar-refractivity contribution is 7.99. The zero-order chi connectivity index (χ0) is 27.2. The molecule has 0 spiro atoms. The number of benzene rings is 2. The molecule has 204 valence electrons. The topological polar surface area (TPSA) is 53.0 Å². The summed E-state index contributed by atoms with van der Waals surface area (Å²) in [7, 11) is 0. The van der Waals surface area contributed by atoms with Crippen molar-refractivity contribution < 1.29 is 14.6 Å². The first-order valence-electron chi connectivity index (χ1n) is 13.5. The SMILES string of the molecule is CC(CCSc1cc(C(C)(C)C)c(O)c(C(C)(C)C)c1)OCC(=O)N1CCN(Cc2ccccc2)CC1. The van der Waals surface area contributed by atoms with Crippen LogP contribution < -0.4 is 0 Å². The average molecular weight is 527 g/mol. The molecule has 5 nitrogen and oxygen atoms in total. The number of hydrogen-bond acceptors (Lipinski definition) is 5. The van der Waals surface area contributed by atoms with Crippen molar-refractivity contribution in [1.29, 1.82) is 0 Å². The van der Waals surface area contributed by atoms with Gasteiger partial charge in [-0.05, 0) is 41.9 Å². The van der Waals surface area contributed by atoms with Gasteiger partial charge in [0, 0.05) is 54.5 Å². The maximum atomic E-state index is 12.7. The van der Waals surface area contributed by atoms with E-state index in [1.807, 2.05) is 17.9 Å². The van der Waals surface area contributed by atoms with Gasteiger partial charge in [0.25, 0.3) is 0 Å². The predicted molar refractivity (Wildman–Crippen MR) is 155 cm³/mol. The molecule has 1 fully saturated rings. The molecule has 37 heavy (non-hydrogen) atoms. The van der Waals surface area contributed by atoms with Crippen LogP contribution in [-0.4, -0.2) is 65.5 Å². The van der Waals surface area contributed by atoms with Crippen LogP contribution in [0.3, 0.4) is 0 Å². The van der Waals surface area contributed by atoms with Crippen LogP contribution >= 0.6 is 11.8 Å². The van der Waals surface area contributed by atoms with Crippen molar-refractivity contribution in [2.45, 2.75) is 83.3 Å². The van der Waals surface area contributed by atoms with Gasteiger partial charge in [0.2, 0.25) is 5.91 Å². The molecule has 1 saturated heterocycles. The molecule has 0 aromatic heterocycles. The van der Waals surface area contributed by atoms with Gasteiger partial charge in [-0.25, -0.2) is 0 Å². The minimum absolute atomic E-state index is 0.0112. The highest BCUT2D eigenvalue weighted by Gasteiger charge is 2.27. The molecule has 0 saturated carbocycles. The number of piperazine rings is 1. The fourth-order valence-electron chi connectivity index (χ4n) is 4.56. The Morgan fingerprint density at radius 1 is 0.973 bits per heavy atom. The fraction of sp³-hybridized carbons (Fsp3) is 0.581. The Morgan fingerprint density at radius 3 is 2.08 bits per heavy atom. The lowest BCUT2D eigenvalue weighted by Gasteiger charge is -2.35. The Bertz CT molecular complexity index is 984. The van der Waals surface area contributed by atoms with Crippen LogP contribution in [0.5, 0.6) is 5.75 Å². The third-order valence-corrected chi connectivity index (χ3v) is 7.97. The van der Waals surface area contributed by atoms with Crippen LogP contribution in [0.2, 0.25) is 0 Å². The van der Waals surface area contributed by atoms with Crippen molar-refractivity contribution in [3.63, 3.8) is 0 Å². The highest BCUT2D eigenvalue weighted by Crippen LogP contribution is 2.41. The summed E-state index contributed by atoms with van der Waals surface area (Å²) in [4.78, 5) is 18.2. The van der Waals surface area contributed by atoms with Gasteiger partial charge in [-0.1, -0.05) is 71.9 Å². The molecular formula is C31H46N2O3S. The van der Waals surface area contributed by atoms with Crippen LogP contribution in [0.25, 0.3) is 0 Å². The second kappa shape index (κ2) is 12.7. The number of rotatable bonds is 9. The Labute approximate surface area is 228 Å². The summed E-state index contributed by atoms with van der Waals surface area (Å²) in [6.07, 6.45) is 0.872. The summed E-state index contributed by atoms with van der Waals surface area (Å²) in [5.74, 6) is 1.40. The molecule has 1 N–H and O–H groups in total. The maximum absolute atomic E-state index is 12.7. The van der Waals surface area contributed by atoms with E-state index < -0.39 is 0 Å². The zero-order valence-corrected chi connectivity index (χ0v) is 24.7. The van der Waals surface area contributed by atoms with Crippen LogP contribution in [-0.2, 0) is 26.9 Å². The molecule has 1 unspecified atom stereocenters. The molecule has 1 aliphatic heterocycles. The van der Waals surface area contributed by atoms with E-state index in [0.717, 1.165) is 56.0 Å². The van der Waals surface area contributed by atoms with Crippen molar-refractivity contribution in [3.8, 4) is 5.75 Å². The van der Waals surface area contributed by atoms with Crippen LogP contribution in [0, 0.1) is 0 Å². The number of phenolic OH excluding ortho intramolecular Hbond substituents is 1. The number of nitrogens with zero attached hydrogens (tertiary/aromatic N) is 2. The average Bonchev–Trinajstić information content (AvgIpc) is 2.83. The van der Waals surface area contributed by atoms with Gasteiger partial charge in [0.1, 0.15) is 12.4 Å². The molecule has 1 aliphatic rings. The Morgan fingerprint density at radius 2 is 1.54 bits per heavy atom. The minimum Gasteiger partial charge on any atom is -0.507 e. The van der Waals surface area contributed by atoms with Gasteiger partial charge in [0.05, 0.1) is 6.10 Å².